The molecule has 0 aliphatic heterocycles. The minimum atomic E-state index is -0.643. The van der Waals surface area contributed by atoms with Crippen LogP contribution in [0.2, 0.25) is 0 Å². The molecule has 1 fully saturated rings. The normalized spacial score (nSPS) is 19.6. The van der Waals surface area contributed by atoms with Crippen LogP contribution >= 0.6 is 0 Å². The van der Waals surface area contributed by atoms with E-state index in [4.69, 9.17) is 5.73 Å². The largest absolute Gasteiger partial charge is 0.336 e. The van der Waals surface area contributed by atoms with Crippen LogP contribution in [0.5, 0.6) is 0 Å². The molecule has 0 aromatic carbocycles. The van der Waals surface area contributed by atoms with Gasteiger partial charge in [0.1, 0.15) is 0 Å². The molecule has 63 valence electrons. The standard InChI is InChI=1S/C8H15N2O/c9-8(11)10-6-7-4-2-1-3-5-7/h7,9H,1-6H2,(H,10,11). The van der Waals surface area contributed by atoms with Crippen molar-refractivity contribution >= 4 is 6.03 Å². The van der Waals surface area contributed by atoms with E-state index in [1.54, 1.807) is 0 Å². The van der Waals surface area contributed by atoms with Crippen molar-refractivity contribution < 1.29 is 4.79 Å². The molecule has 0 spiro atoms. The molecule has 1 rings (SSSR count). The van der Waals surface area contributed by atoms with Crippen LogP contribution in [0.15, 0.2) is 0 Å². The first-order valence-electron chi connectivity index (χ1n) is 4.28. The molecular formula is C8H15N2O. The van der Waals surface area contributed by atoms with E-state index in [-0.39, 0.29) is 0 Å². The van der Waals surface area contributed by atoms with Gasteiger partial charge in [-0.05, 0) is 18.8 Å². The summed E-state index contributed by atoms with van der Waals surface area (Å²) in [4.78, 5) is 10.2. The maximum Gasteiger partial charge on any atom is 0.333 e. The van der Waals surface area contributed by atoms with Crippen LogP contribution in [0.3, 0.4) is 0 Å². The van der Waals surface area contributed by atoms with Crippen molar-refractivity contribution in [1.29, 1.82) is 0 Å². The van der Waals surface area contributed by atoms with Crippen LogP contribution in [0.25, 0.3) is 0 Å². The van der Waals surface area contributed by atoms with E-state index in [1.807, 2.05) is 0 Å². The summed E-state index contributed by atoms with van der Waals surface area (Å²) in [6.45, 7) is 0.711. The third-order valence-corrected chi connectivity index (χ3v) is 2.28. The Morgan fingerprint density at radius 2 is 2.00 bits per heavy atom. The highest BCUT2D eigenvalue weighted by Crippen LogP contribution is 2.22. The second-order valence-corrected chi connectivity index (χ2v) is 3.21. The fraction of sp³-hybridized carbons (Fsp3) is 0.875. The molecule has 0 atom stereocenters. The summed E-state index contributed by atoms with van der Waals surface area (Å²) in [5, 5.41) is 2.54. The topological polar surface area (TPSA) is 52.9 Å². The number of rotatable bonds is 2. The van der Waals surface area contributed by atoms with E-state index in [1.165, 1.54) is 32.1 Å². The lowest BCUT2D eigenvalue weighted by molar-refractivity contribution is 0.243. The van der Waals surface area contributed by atoms with Crippen LogP contribution in [-0.2, 0) is 0 Å². The van der Waals surface area contributed by atoms with Crippen LogP contribution in [-0.4, -0.2) is 12.6 Å². The Morgan fingerprint density at radius 3 is 2.55 bits per heavy atom. The van der Waals surface area contributed by atoms with Gasteiger partial charge >= 0.3 is 6.03 Å². The average molecular weight is 155 g/mol. The van der Waals surface area contributed by atoms with Gasteiger partial charge in [-0.2, -0.15) is 0 Å². The van der Waals surface area contributed by atoms with E-state index >= 15 is 0 Å². The van der Waals surface area contributed by atoms with Gasteiger partial charge in [0.25, 0.3) is 0 Å². The third kappa shape index (κ3) is 3.25. The molecule has 3 heteroatoms. The maximum absolute atomic E-state index is 10.2. The molecule has 0 aromatic rings. The molecule has 11 heavy (non-hydrogen) atoms. The van der Waals surface area contributed by atoms with Crippen molar-refractivity contribution in [1.82, 2.24) is 11.1 Å². The Balaban J connectivity index is 2.09. The zero-order valence-electron chi connectivity index (χ0n) is 6.73. The molecule has 0 unspecified atom stereocenters. The van der Waals surface area contributed by atoms with E-state index in [0.717, 1.165) is 0 Å². The van der Waals surface area contributed by atoms with Crippen LogP contribution in [0.1, 0.15) is 32.1 Å². The van der Waals surface area contributed by atoms with Gasteiger partial charge in [0, 0.05) is 6.54 Å². The highest BCUT2D eigenvalue weighted by molar-refractivity contribution is 5.70. The van der Waals surface area contributed by atoms with Gasteiger partial charge in [-0.1, -0.05) is 19.3 Å². The molecular weight excluding hydrogens is 140 g/mol. The summed E-state index contributed by atoms with van der Waals surface area (Å²) in [5.41, 5.74) is 6.65. The molecule has 0 saturated heterocycles. The summed E-state index contributed by atoms with van der Waals surface area (Å²) in [6.07, 6.45) is 6.36. The van der Waals surface area contributed by atoms with Crippen molar-refractivity contribution in [3.63, 3.8) is 0 Å². The SMILES string of the molecule is [NH]C(=O)NCC1CCCCC1. The predicted molar refractivity (Wildman–Crippen MR) is 43.1 cm³/mol. The number of carbonyl (C=O) groups is 1. The molecule has 1 saturated carbocycles. The van der Waals surface area contributed by atoms with Gasteiger partial charge in [0.2, 0.25) is 0 Å². The summed E-state index contributed by atoms with van der Waals surface area (Å²) in [6, 6.07) is -0.643. The minimum absolute atomic E-state index is 0.637. The van der Waals surface area contributed by atoms with Gasteiger partial charge in [0.15, 0.2) is 0 Å². The van der Waals surface area contributed by atoms with Gasteiger partial charge in [0.05, 0.1) is 0 Å². The van der Waals surface area contributed by atoms with Crippen LogP contribution < -0.4 is 11.1 Å². The Morgan fingerprint density at radius 1 is 1.36 bits per heavy atom. The molecule has 1 radical (unpaired) electrons. The summed E-state index contributed by atoms with van der Waals surface area (Å²) in [5.74, 6) is 0.637. The Labute approximate surface area is 67.3 Å². The van der Waals surface area contributed by atoms with Gasteiger partial charge < -0.3 is 5.32 Å². The first-order valence-corrected chi connectivity index (χ1v) is 4.28. The number of hydrogen-bond donors (Lipinski definition) is 1. The van der Waals surface area contributed by atoms with Crippen molar-refractivity contribution in [2.45, 2.75) is 32.1 Å². The third-order valence-electron chi connectivity index (χ3n) is 2.28. The molecule has 2 amide bonds. The molecule has 1 aliphatic rings. The molecule has 3 nitrogen and oxygen atoms in total. The smallest absolute Gasteiger partial charge is 0.333 e. The van der Waals surface area contributed by atoms with Crippen molar-refractivity contribution in [3.8, 4) is 0 Å². The summed E-state index contributed by atoms with van der Waals surface area (Å²) < 4.78 is 0. The number of amides is 2. The lowest BCUT2D eigenvalue weighted by Gasteiger charge is -2.20. The Kier molecular flexibility index (Phi) is 3.20. The van der Waals surface area contributed by atoms with Gasteiger partial charge in [-0.3, -0.25) is 0 Å². The first kappa shape index (κ1) is 8.37. The number of nitrogens with one attached hydrogen (secondary N) is 2. The maximum atomic E-state index is 10.2. The first-order chi connectivity index (χ1) is 5.29. The fourth-order valence-corrected chi connectivity index (χ4v) is 1.63. The summed E-state index contributed by atoms with van der Waals surface area (Å²) in [7, 11) is 0. The minimum Gasteiger partial charge on any atom is -0.336 e. The molecule has 0 aromatic heterocycles. The molecule has 0 heterocycles. The van der Waals surface area contributed by atoms with Gasteiger partial charge in [-0.25, -0.2) is 10.5 Å². The second-order valence-electron chi connectivity index (χ2n) is 3.21. The number of hydrogen-bond acceptors (Lipinski definition) is 1. The quantitative estimate of drug-likeness (QED) is 0.646. The Hall–Kier alpha value is -0.730. The number of carbonyl (C=O) groups excluding carboxylic acids is 1. The van der Waals surface area contributed by atoms with Crippen molar-refractivity contribution in [2.24, 2.45) is 5.92 Å². The van der Waals surface area contributed by atoms with E-state index in [9.17, 15) is 4.79 Å². The van der Waals surface area contributed by atoms with Gasteiger partial charge in [-0.15, -0.1) is 0 Å². The van der Waals surface area contributed by atoms with Crippen molar-refractivity contribution in [3.05, 3.63) is 0 Å². The Bertz CT molecular complexity index is 130. The second kappa shape index (κ2) is 4.21. The zero-order valence-corrected chi connectivity index (χ0v) is 6.73. The van der Waals surface area contributed by atoms with E-state index in [0.29, 0.717) is 12.5 Å². The lowest BCUT2D eigenvalue weighted by atomic mass is 9.89. The van der Waals surface area contributed by atoms with E-state index in [2.05, 4.69) is 5.32 Å². The zero-order chi connectivity index (χ0) is 8.10. The lowest BCUT2D eigenvalue weighted by Crippen LogP contribution is -2.29. The summed E-state index contributed by atoms with van der Waals surface area (Å²) >= 11 is 0. The fourth-order valence-electron chi connectivity index (χ4n) is 1.63. The highest BCUT2D eigenvalue weighted by atomic mass is 16.2. The molecule has 1 aliphatic carbocycles. The van der Waals surface area contributed by atoms with Crippen molar-refractivity contribution in [2.75, 3.05) is 6.54 Å². The average Bonchev–Trinajstić information content (AvgIpc) is 2.03. The van der Waals surface area contributed by atoms with Crippen LogP contribution in [0.4, 0.5) is 4.79 Å². The molecule has 0 bridgehead atoms. The number of urea groups is 1. The highest BCUT2D eigenvalue weighted by Gasteiger charge is 2.12. The van der Waals surface area contributed by atoms with Crippen LogP contribution in [0, 0.1) is 5.92 Å². The molecule has 2 N–H and O–H groups in total. The monoisotopic (exact) mass is 155 g/mol. The predicted octanol–water partition coefficient (Wildman–Crippen LogP) is 1.56. The van der Waals surface area contributed by atoms with E-state index < -0.39 is 6.03 Å².